The fourth-order valence-electron chi connectivity index (χ4n) is 2.27. The Bertz CT molecular complexity index is 654. The van der Waals surface area contributed by atoms with E-state index in [9.17, 15) is 9.90 Å². The second-order valence-electron chi connectivity index (χ2n) is 5.07. The highest BCUT2D eigenvalue weighted by Crippen LogP contribution is 2.27. The molecular formula is C15H19N3O2S. The SMILES string of the molecule is Cc1nc([C@@H](C)N(C)Cc2ncccc2C(=O)O)c(C)s1. The second-order valence-corrected chi connectivity index (χ2v) is 6.48. The van der Waals surface area contributed by atoms with Crippen molar-refractivity contribution in [1.82, 2.24) is 14.9 Å². The smallest absolute Gasteiger partial charge is 0.337 e. The molecule has 6 heteroatoms. The molecule has 0 saturated carbocycles. The Morgan fingerprint density at radius 2 is 2.19 bits per heavy atom. The van der Waals surface area contributed by atoms with Crippen LogP contribution in [0.15, 0.2) is 18.3 Å². The Morgan fingerprint density at radius 3 is 2.76 bits per heavy atom. The highest BCUT2D eigenvalue weighted by molar-refractivity contribution is 7.11. The zero-order valence-electron chi connectivity index (χ0n) is 12.6. The van der Waals surface area contributed by atoms with Gasteiger partial charge < -0.3 is 5.11 Å². The molecule has 112 valence electrons. The molecule has 0 saturated heterocycles. The molecule has 0 amide bonds. The maximum Gasteiger partial charge on any atom is 0.337 e. The van der Waals surface area contributed by atoms with Crippen LogP contribution >= 0.6 is 11.3 Å². The molecule has 0 aliphatic heterocycles. The number of aromatic carboxylic acids is 1. The first kappa shape index (κ1) is 15.6. The van der Waals surface area contributed by atoms with Crippen LogP contribution in [0.25, 0.3) is 0 Å². The Kier molecular flexibility index (Phi) is 4.69. The minimum absolute atomic E-state index is 0.110. The number of carboxylic acid groups (broad SMARTS) is 1. The number of carbonyl (C=O) groups is 1. The maximum atomic E-state index is 11.2. The fraction of sp³-hybridized carbons (Fsp3) is 0.400. The van der Waals surface area contributed by atoms with Crippen LogP contribution in [-0.2, 0) is 6.54 Å². The van der Waals surface area contributed by atoms with Crippen molar-refractivity contribution >= 4 is 17.3 Å². The second kappa shape index (κ2) is 6.32. The van der Waals surface area contributed by atoms with E-state index in [1.165, 1.54) is 4.88 Å². The van der Waals surface area contributed by atoms with Crippen LogP contribution in [0.5, 0.6) is 0 Å². The minimum Gasteiger partial charge on any atom is -0.478 e. The molecule has 0 fully saturated rings. The molecule has 2 aromatic heterocycles. The Balaban J connectivity index is 2.20. The average Bonchev–Trinajstić information content (AvgIpc) is 2.77. The van der Waals surface area contributed by atoms with E-state index in [0.29, 0.717) is 12.2 Å². The van der Waals surface area contributed by atoms with Crippen LogP contribution < -0.4 is 0 Å². The maximum absolute atomic E-state index is 11.2. The van der Waals surface area contributed by atoms with Crippen LogP contribution in [0.2, 0.25) is 0 Å². The highest BCUT2D eigenvalue weighted by atomic mass is 32.1. The summed E-state index contributed by atoms with van der Waals surface area (Å²) in [6.45, 7) is 6.60. The lowest BCUT2D eigenvalue weighted by Gasteiger charge is -2.24. The number of aryl methyl sites for hydroxylation is 2. The number of hydrogen-bond donors (Lipinski definition) is 1. The number of rotatable bonds is 5. The first-order valence-electron chi connectivity index (χ1n) is 6.71. The van der Waals surface area contributed by atoms with E-state index in [1.54, 1.807) is 29.7 Å². The van der Waals surface area contributed by atoms with Crippen molar-refractivity contribution in [3.8, 4) is 0 Å². The van der Waals surface area contributed by atoms with Gasteiger partial charge in [0, 0.05) is 17.6 Å². The van der Waals surface area contributed by atoms with Gasteiger partial charge in [0.2, 0.25) is 0 Å². The standard InChI is InChI=1S/C15H19N3O2S/c1-9(14-10(2)21-11(3)17-14)18(4)8-13-12(15(19)20)6-5-7-16-13/h5-7,9H,8H2,1-4H3,(H,19,20)/t9-/m1/s1. The minimum atomic E-state index is -0.945. The van der Waals surface area contributed by atoms with Gasteiger partial charge in [-0.1, -0.05) is 0 Å². The Hall–Kier alpha value is -1.79. The first-order chi connectivity index (χ1) is 9.90. The first-order valence-corrected chi connectivity index (χ1v) is 7.53. The van der Waals surface area contributed by atoms with Crippen molar-refractivity contribution in [3.05, 3.63) is 45.2 Å². The molecule has 0 spiro atoms. The van der Waals surface area contributed by atoms with Gasteiger partial charge in [-0.3, -0.25) is 9.88 Å². The van der Waals surface area contributed by atoms with E-state index >= 15 is 0 Å². The van der Waals surface area contributed by atoms with Crippen LogP contribution in [0.4, 0.5) is 0 Å². The third kappa shape index (κ3) is 3.46. The molecule has 2 rings (SSSR count). The number of pyridine rings is 1. The van der Waals surface area contributed by atoms with E-state index in [2.05, 4.69) is 28.7 Å². The zero-order chi connectivity index (χ0) is 15.6. The van der Waals surface area contributed by atoms with Gasteiger partial charge in [0.15, 0.2) is 0 Å². The molecule has 5 nitrogen and oxygen atoms in total. The van der Waals surface area contributed by atoms with Crippen LogP contribution in [-0.4, -0.2) is 33.0 Å². The zero-order valence-corrected chi connectivity index (χ0v) is 13.4. The van der Waals surface area contributed by atoms with E-state index in [1.807, 2.05) is 14.0 Å². The Morgan fingerprint density at radius 1 is 1.48 bits per heavy atom. The molecule has 1 N–H and O–H groups in total. The molecule has 0 aromatic carbocycles. The number of carboxylic acids is 1. The lowest BCUT2D eigenvalue weighted by molar-refractivity contribution is 0.0693. The van der Waals surface area contributed by atoms with Crippen molar-refractivity contribution < 1.29 is 9.90 Å². The predicted molar refractivity (Wildman–Crippen MR) is 82.7 cm³/mol. The van der Waals surface area contributed by atoms with Crippen LogP contribution in [0.3, 0.4) is 0 Å². The summed E-state index contributed by atoms with van der Waals surface area (Å²) in [7, 11) is 1.96. The molecule has 0 bridgehead atoms. The summed E-state index contributed by atoms with van der Waals surface area (Å²) < 4.78 is 0. The van der Waals surface area contributed by atoms with Gasteiger partial charge in [-0.2, -0.15) is 0 Å². The summed E-state index contributed by atoms with van der Waals surface area (Å²) in [5, 5.41) is 10.3. The summed E-state index contributed by atoms with van der Waals surface area (Å²) in [5.41, 5.74) is 1.87. The number of hydrogen-bond acceptors (Lipinski definition) is 5. The molecule has 0 radical (unpaired) electrons. The summed E-state index contributed by atoms with van der Waals surface area (Å²) >= 11 is 1.68. The molecule has 1 atom stereocenters. The Labute approximate surface area is 128 Å². The monoisotopic (exact) mass is 305 g/mol. The van der Waals surface area contributed by atoms with Crippen LogP contribution in [0.1, 0.15) is 44.6 Å². The molecule has 21 heavy (non-hydrogen) atoms. The van der Waals surface area contributed by atoms with Crippen molar-refractivity contribution in [2.45, 2.75) is 33.4 Å². The summed E-state index contributed by atoms with van der Waals surface area (Å²) in [6.07, 6.45) is 1.62. The van der Waals surface area contributed by atoms with Crippen molar-refractivity contribution in [2.24, 2.45) is 0 Å². The van der Waals surface area contributed by atoms with Crippen molar-refractivity contribution in [2.75, 3.05) is 7.05 Å². The van der Waals surface area contributed by atoms with Crippen molar-refractivity contribution in [3.63, 3.8) is 0 Å². The normalized spacial score (nSPS) is 12.6. The van der Waals surface area contributed by atoms with E-state index < -0.39 is 5.97 Å². The van der Waals surface area contributed by atoms with Crippen LogP contribution in [0, 0.1) is 13.8 Å². The molecule has 2 aromatic rings. The lowest BCUT2D eigenvalue weighted by atomic mass is 10.1. The topological polar surface area (TPSA) is 66.3 Å². The quantitative estimate of drug-likeness (QED) is 0.919. The van der Waals surface area contributed by atoms with Crippen molar-refractivity contribution in [1.29, 1.82) is 0 Å². The van der Waals surface area contributed by atoms with Gasteiger partial charge in [0.1, 0.15) is 0 Å². The highest BCUT2D eigenvalue weighted by Gasteiger charge is 2.20. The van der Waals surface area contributed by atoms with Gasteiger partial charge in [-0.25, -0.2) is 9.78 Å². The number of aromatic nitrogens is 2. The predicted octanol–water partition coefficient (Wildman–Crippen LogP) is 3.05. The molecule has 0 aliphatic rings. The van der Waals surface area contributed by atoms with Gasteiger partial charge in [0.05, 0.1) is 28.0 Å². The summed E-state index contributed by atoms with van der Waals surface area (Å²) in [4.78, 5) is 23.3. The van der Waals surface area contributed by atoms with Gasteiger partial charge >= 0.3 is 5.97 Å². The molecule has 2 heterocycles. The molecule has 0 aliphatic carbocycles. The van der Waals surface area contributed by atoms with Gasteiger partial charge in [-0.15, -0.1) is 11.3 Å². The van der Waals surface area contributed by atoms with Gasteiger partial charge in [-0.05, 0) is 40.0 Å². The van der Waals surface area contributed by atoms with E-state index in [0.717, 1.165) is 10.7 Å². The largest absolute Gasteiger partial charge is 0.478 e. The van der Waals surface area contributed by atoms with E-state index in [4.69, 9.17) is 0 Å². The number of thiazole rings is 1. The third-order valence-corrected chi connectivity index (χ3v) is 4.42. The molecule has 0 unspecified atom stereocenters. The van der Waals surface area contributed by atoms with E-state index in [-0.39, 0.29) is 11.6 Å². The summed E-state index contributed by atoms with van der Waals surface area (Å²) in [5.74, 6) is -0.945. The molecular weight excluding hydrogens is 286 g/mol. The summed E-state index contributed by atoms with van der Waals surface area (Å²) in [6, 6.07) is 3.34. The average molecular weight is 305 g/mol. The van der Waals surface area contributed by atoms with Gasteiger partial charge in [0.25, 0.3) is 0 Å². The lowest BCUT2D eigenvalue weighted by Crippen LogP contribution is -2.24. The fourth-order valence-corrected chi connectivity index (χ4v) is 3.18. The third-order valence-electron chi connectivity index (χ3n) is 3.52. The number of nitrogens with zero attached hydrogens (tertiary/aromatic N) is 3.